The van der Waals surface area contributed by atoms with Crippen LogP contribution in [0.1, 0.15) is 21.5 Å². The quantitative estimate of drug-likeness (QED) is 0.238. The van der Waals surface area contributed by atoms with E-state index in [-0.39, 0.29) is 26.7 Å². The van der Waals surface area contributed by atoms with Gasteiger partial charge in [-0.25, -0.2) is 16.8 Å². The van der Waals surface area contributed by atoms with Crippen LogP contribution >= 0.6 is 0 Å². The zero-order valence-electron chi connectivity index (χ0n) is 20.7. The van der Waals surface area contributed by atoms with Crippen molar-refractivity contribution in [2.45, 2.75) is 22.9 Å². The topological polar surface area (TPSA) is 121 Å². The number of anilines is 3. The lowest BCUT2D eigenvalue weighted by Crippen LogP contribution is -2.17. The molecule has 0 radical (unpaired) electrons. The smallest absolute Gasteiger partial charge is 0.322 e. The van der Waals surface area contributed by atoms with Crippen molar-refractivity contribution in [3.63, 3.8) is 0 Å². The van der Waals surface area contributed by atoms with Crippen LogP contribution in [-0.2, 0) is 26.2 Å². The van der Waals surface area contributed by atoms with Crippen molar-refractivity contribution in [2.75, 3.05) is 14.8 Å². The van der Waals surface area contributed by atoms with Crippen molar-refractivity contribution in [1.82, 2.24) is 0 Å². The molecule has 8 nitrogen and oxygen atoms in total. The van der Waals surface area contributed by atoms with Crippen molar-refractivity contribution >= 4 is 43.0 Å². The SMILES string of the molecule is Cc1ccc(C(=O)Nc2ccc(S(=O)(=O)Nc3cccc(C(F)(F)F)c3)cc2)cc1S(=O)(=O)Nc1ccccc1. The molecule has 0 aromatic heterocycles. The predicted molar refractivity (Wildman–Crippen MR) is 145 cm³/mol. The first-order chi connectivity index (χ1) is 18.7. The average molecular weight is 590 g/mol. The fourth-order valence-corrected chi connectivity index (χ4v) is 6.02. The normalized spacial score (nSPS) is 12.0. The van der Waals surface area contributed by atoms with Crippen LogP contribution in [0, 0.1) is 6.92 Å². The molecular formula is C27H22F3N3O5S2. The van der Waals surface area contributed by atoms with E-state index in [1.54, 1.807) is 37.3 Å². The van der Waals surface area contributed by atoms with Crippen LogP contribution in [0.25, 0.3) is 0 Å². The van der Waals surface area contributed by atoms with Gasteiger partial charge in [0.05, 0.1) is 15.4 Å². The van der Waals surface area contributed by atoms with E-state index in [0.717, 1.165) is 12.1 Å². The molecule has 0 fully saturated rings. The molecule has 0 saturated heterocycles. The summed E-state index contributed by atoms with van der Waals surface area (Å²) in [4.78, 5) is 12.5. The van der Waals surface area contributed by atoms with E-state index >= 15 is 0 Å². The third-order valence-electron chi connectivity index (χ3n) is 5.63. The lowest BCUT2D eigenvalue weighted by atomic mass is 10.1. The highest BCUT2D eigenvalue weighted by atomic mass is 32.2. The van der Waals surface area contributed by atoms with Gasteiger partial charge in [0.25, 0.3) is 26.0 Å². The van der Waals surface area contributed by atoms with E-state index in [9.17, 15) is 34.8 Å². The molecule has 13 heteroatoms. The second kappa shape index (κ2) is 11.0. The molecule has 0 aliphatic rings. The Morgan fingerprint density at radius 2 is 1.30 bits per heavy atom. The number of hydrogen-bond donors (Lipinski definition) is 3. The number of carbonyl (C=O) groups is 1. The molecule has 0 aliphatic carbocycles. The van der Waals surface area contributed by atoms with Gasteiger partial charge in [0, 0.05) is 22.6 Å². The minimum absolute atomic E-state index is 0.0435. The van der Waals surface area contributed by atoms with E-state index in [1.165, 1.54) is 48.5 Å². The number of rotatable bonds is 8. The number of hydrogen-bond acceptors (Lipinski definition) is 5. The molecule has 40 heavy (non-hydrogen) atoms. The summed E-state index contributed by atoms with van der Waals surface area (Å²) in [5.74, 6) is -0.645. The lowest BCUT2D eigenvalue weighted by molar-refractivity contribution is -0.137. The summed E-state index contributed by atoms with van der Waals surface area (Å²) in [6.07, 6.45) is -4.64. The Labute approximate surface area is 229 Å². The summed E-state index contributed by atoms with van der Waals surface area (Å²) in [6.45, 7) is 1.59. The molecule has 0 heterocycles. The molecule has 4 aromatic carbocycles. The number of amides is 1. The highest BCUT2D eigenvalue weighted by molar-refractivity contribution is 7.93. The second-order valence-corrected chi connectivity index (χ2v) is 11.9. The Balaban J connectivity index is 1.49. The third-order valence-corrected chi connectivity index (χ3v) is 8.55. The highest BCUT2D eigenvalue weighted by Gasteiger charge is 2.30. The molecule has 0 spiro atoms. The monoisotopic (exact) mass is 589 g/mol. The Morgan fingerprint density at radius 3 is 1.95 bits per heavy atom. The van der Waals surface area contributed by atoms with Gasteiger partial charge in [-0.1, -0.05) is 30.3 Å². The molecule has 0 atom stereocenters. The van der Waals surface area contributed by atoms with Gasteiger partial charge in [-0.3, -0.25) is 14.2 Å². The molecular weight excluding hydrogens is 567 g/mol. The summed E-state index contributed by atoms with van der Waals surface area (Å²) >= 11 is 0. The molecule has 1 amide bonds. The van der Waals surface area contributed by atoms with E-state index < -0.39 is 37.7 Å². The van der Waals surface area contributed by atoms with Crippen LogP contribution in [-0.4, -0.2) is 22.7 Å². The molecule has 3 N–H and O–H groups in total. The molecule has 208 valence electrons. The fraction of sp³-hybridized carbons (Fsp3) is 0.0741. The van der Waals surface area contributed by atoms with Gasteiger partial charge in [-0.05, 0) is 79.2 Å². The second-order valence-electron chi connectivity index (χ2n) is 8.61. The number of halogens is 3. The van der Waals surface area contributed by atoms with Gasteiger partial charge in [-0.15, -0.1) is 0 Å². The number of alkyl halides is 3. The molecule has 4 rings (SSSR count). The number of sulfonamides is 2. The summed E-state index contributed by atoms with van der Waals surface area (Å²) in [5, 5.41) is 2.56. The zero-order chi connectivity index (χ0) is 29.1. The van der Waals surface area contributed by atoms with Crippen LogP contribution in [0.15, 0.2) is 107 Å². The molecule has 0 saturated carbocycles. The first kappa shape index (κ1) is 28.6. The highest BCUT2D eigenvalue weighted by Crippen LogP contribution is 2.31. The van der Waals surface area contributed by atoms with Crippen molar-refractivity contribution in [2.24, 2.45) is 0 Å². The number of aryl methyl sites for hydroxylation is 1. The Bertz CT molecular complexity index is 1760. The Hall–Kier alpha value is -4.36. The summed E-state index contributed by atoms with van der Waals surface area (Å²) in [5.41, 5.74) is -0.248. The van der Waals surface area contributed by atoms with Crippen LogP contribution in [0.3, 0.4) is 0 Å². The van der Waals surface area contributed by atoms with E-state index in [1.807, 2.05) is 0 Å². The molecule has 0 unspecified atom stereocenters. The van der Waals surface area contributed by atoms with Gasteiger partial charge >= 0.3 is 6.18 Å². The first-order valence-electron chi connectivity index (χ1n) is 11.5. The zero-order valence-corrected chi connectivity index (χ0v) is 22.4. The van der Waals surface area contributed by atoms with E-state index in [4.69, 9.17) is 0 Å². The van der Waals surface area contributed by atoms with E-state index in [2.05, 4.69) is 14.8 Å². The maximum atomic E-state index is 12.9. The summed E-state index contributed by atoms with van der Waals surface area (Å²) < 4.78 is 94.6. The third kappa shape index (κ3) is 6.79. The fourth-order valence-electron chi connectivity index (χ4n) is 3.64. The largest absolute Gasteiger partial charge is 0.416 e. The van der Waals surface area contributed by atoms with Crippen molar-refractivity contribution < 1.29 is 34.8 Å². The number of carbonyl (C=O) groups excluding carboxylic acids is 1. The summed E-state index contributed by atoms with van der Waals surface area (Å²) in [7, 11) is -8.23. The average Bonchev–Trinajstić information content (AvgIpc) is 2.89. The number of nitrogens with one attached hydrogen (secondary N) is 3. The van der Waals surface area contributed by atoms with Gasteiger partial charge in [0.15, 0.2) is 0 Å². The molecule has 4 aromatic rings. The minimum Gasteiger partial charge on any atom is -0.322 e. The van der Waals surface area contributed by atoms with Gasteiger partial charge in [0.2, 0.25) is 0 Å². The Kier molecular flexibility index (Phi) is 7.89. The minimum atomic E-state index is -4.64. The van der Waals surface area contributed by atoms with Crippen molar-refractivity contribution in [3.05, 3.63) is 114 Å². The van der Waals surface area contributed by atoms with Gasteiger partial charge in [0.1, 0.15) is 0 Å². The lowest BCUT2D eigenvalue weighted by Gasteiger charge is -2.13. The number of benzene rings is 4. The molecule has 0 bridgehead atoms. The molecule has 0 aliphatic heterocycles. The van der Waals surface area contributed by atoms with Crippen molar-refractivity contribution in [1.29, 1.82) is 0 Å². The van der Waals surface area contributed by atoms with Gasteiger partial charge in [-0.2, -0.15) is 13.2 Å². The first-order valence-corrected chi connectivity index (χ1v) is 14.5. The summed E-state index contributed by atoms with van der Waals surface area (Å²) in [6, 6.07) is 21.1. The maximum absolute atomic E-state index is 12.9. The number of para-hydroxylation sites is 1. The van der Waals surface area contributed by atoms with Crippen molar-refractivity contribution in [3.8, 4) is 0 Å². The standard InChI is InChI=1S/C27H22F3N3O5S2/c1-18-10-11-19(16-25(18)40(37,38)32-22-7-3-2-4-8-22)26(34)31-21-12-14-24(15-13-21)39(35,36)33-23-9-5-6-20(17-23)27(28,29)30/h2-17,32-33H,1H3,(H,31,34). The van der Waals surface area contributed by atoms with Crippen LogP contribution in [0.5, 0.6) is 0 Å². The van der Waals surface area contributed by atoms with Gasteiger partial charge < -0.3 is 5.32 Å². The van der Waals surface area contributed by atoms with Crippen LogP contribution in [0.2, 0.25) is 0 Å². The van der Waals surface area contributed by atoms with E-state index in [0.29, 0.717) is 17.3 Å². The van der Waals surface area contributed by atoms with Crippen LogP contribution < -0.4 is 14.8 Å². The van der Waals surface area contributed by atoms with Crippen LogP contribution in [0.4, 0.5) is 30.2 Å². The maximum Gasteiger partial charge on any atom is 0.416 e. The Morgan fingerprint density at radius 1 is 0.675 bits per heavy atom. The predicted octanol–water partition coefficient (Wildman–Crippen LogP) is 5.87.